The molecular weight excluding hydrogens is 411 g/mol. The second-order valence-electron chi connectivity index (χ2n) is 6.00. The summed E-state index contributed by atoms with van der Waals surface area (Å²) in [5, 5.41) is 8.01. The molecule has 2 aromatic carbocycles. The van der Waals surface area contributed by atoms with Crippen LogP contribution in [-0.4, -0.2) is 32.3 Å². The summed E-state index contributed by atoms with van der Waals surface area (Å²) < 4.78 is 16.4. The highest BCUT2D eigenvalue weighted by atomic mass is 79.9. The fourth-order valence-corrected chi connectivity index (χ4v) is 3.06. The summed E-state index contributed by atoms with van der Waals surface area (Å²) in [7, 11) is 0. The number of hydrogen-bond acceptors (Lipinski definition) is 3. The summed E-state index contributed by atoms with van der Waals surface area (Å²) >= 11 is 3.33. The molecule has 0 radical (unpaired) electrons. The Morgan fingerprint density at radius 2 is 2.04 bits per heavy atom. The molecule has 138 valence electrons. The Labute approximate surface area is 165 Å². The van der Waals surface area contributed by atoms with E-state index in [1.807, 2.05) is 30.3 Å². The van der Waals surface area contributed by atoms with Gasteiger partial charge in [0.25, 0.3) is 5.91 Å². The Bertz CT molecular complexity index is 942. The van der Waals surface area contributed by atoms with E-state index < -0.39 is 0 Å². The Morgan fingerprint density at radius 3 is 2.78 bits per heavy atom. The third-order valence-corrected chi connectivity index (χ3v) is 4.44. The molecule has 1 heterocycles. The molecule has 5 nitrogen and oxygen atoms in total. The maximum atomic E-state index is 14.1. The van der Waals surface area contributed by atoms with E-state index in [-0.39, 0.29) is 30.5 Å². The van der Waals surface area contributed by atoms with Crippen LogP contribution in [0.25, 0.3) is 0 Å². The maximum Gasteiger partial charge on any atom is 0.276 e. The second kappa shape index (κ2) is 8.73. The summed E-state index contributed by atoms with van der Waals surface area (Å²) in [6.07, 6.45) is 3.20. The lowest BCUT2D eigenvalue weighted by Gasteiger charge is -2.20. The number of halogens is 2. The normalized spacial score (nSPS) is 10.6. The summed E-state index contributed by atoms with van der Waals surface area (Å²) in [5.74, 6) is -0.693. The minimum atomic E-state index is -0.368. The Balaban J connectivity index is 1.77. The van der Waals surface area contributed by atoms with E-state index >= 15 is 0 Å². The van der Waals surface area contributed by atoms with Crippen LogP contribution in [-0.2, 0) is 13.1 Å². The monoisotopic (exact) mass is 428 g/mol. The highest BCUT2D eigenvalue weighted by Crippen LogP contribution is 2.18. The van der Waals surface area contributed by atoms with Gasteiger partial charge in [-0.2, -0.15) is 0 Å². The average Bonchev–Trinajstić information content (AvgIpc) is 3.13. The van der Waals surface area contributed by atoms with Gasteiger partial charge < -0.3 is 4.90 Å². The third kappa shape index (κ3) is 4.89. The Hall–Kier alpha value is -2.80. The van der Waals surface area contributed by atoms with Crippen LogP contribution in [0.15, 0.2) is 71.9 Å². The highest BCUT2D eigenvalue weighted by Gasteiger charge is 2.20. The molecule has 1 aromatic heterocycles. The zero-order chi connectivity index (χ0) is 19.2. The molecule has 1 amide bonds. The molecule has 3 rings (SSSR count). The van der Waals surface area contributed by atoms with Gasteiger partial charge in [0.15, 0.2) is 5.69 Å². The van der Waals surface area contributed by atoms with Gasteiger partial charge in [-0.25, -0.2) is 9.07 Å². The van der Waals surface area contributed by atoms with E-state index in [2.05, 4.69) is 32.8 Å². The number of aromatic nitrogens is 3. The molecule has 0 saturated carbocycles. The van der Waals surface area contributed by atoms with Gasteiger partial charge in [-0.1, -0.05) is 57.6 Å². The largest absolute Gasteiger partial charge is 0.329 e. The van der Waals surface area contributed by atoms with E-state index in [1.165, 1.54) is 11.0 Å². The first-order valence-corrected chi connectivity index (χ1v) is 9.14. The van der Waals surface area contributed by atoms with Gasteiger partial charge in [0.2, 0.25) is 0 Å². The smallest absolute Gasteiger partial charge is 0.276 e. The van der Waals surface area contributed by atoms with Crippen molar-refractivity contribution in [3.05, 3.63) is 94.5 Å². The minimum Gasteiger partial charge on any atom is -0.329 e. The van der Waals surface area contributed by atoms with Gasteiger partial charge in [0, 0.05) is 23.1 Å². The van der Waals surface area contributed by atoms with Gasteiger partial charge in [-0.15, -0.1) is 11.7 Å². The van der Waals surface area contributed by atoms with Crippen molar-refractivity contribution in [2.75, 3.05) is 6.54 Å². The van der Waals surface area contributed by atoms with Gasteiger partial charge in [0.05, 0.1) is 12.7 Å². The fraction of sp³-hybridized carbons (Fsp3) is 0.150. The van der Waals surface area contributed by atoms with Crippen LogP contribution in [0.4, 0.5) is 4.39 Å². The number of carbonyl (C=O) groups excluding carboxylic acids is 1. The molecule has 0 saturated heterocycles. The lowest BCUT2D eigenvalue weighted by atomic mass is 10.2. The number of hydrogen-bond donors (Lipinski definition) is 0. The van der Waals surface area contributed by atoms with E-state index in [9.17, 15) is 9.18 Å². The number of amides is 1. The minimum absolute atomic E-state index is 0.113. The first kappa shape index (κ1) is 19.0. The molecule has 0 N–H and O–H groups in total. The van der Waals surface area contributed by atoms with Gasteiger partial charge in [-0.3, -0.25) is 4.79 Å². The molecular formula is C20H18BrFN4O. The first-order chi connectivity index (χ1) is 13.1. The van der Waals surface area contributed by atoms with Gasteiger partial charge in [0.1, 0.15) is 5.82 Å². The zero-order valence-corrected chi connectivity index (χ0v) is 16.1. The van der Waals surface area contributed by atoms with Crippen molar-refractivity contribution in [3.63, 3.8) is 0 Å². The number of rotatable bonds is 7. The topological polar surface area (TPSA) is 51.0 Å². The molecule has 0 fully saturated rings. The van der Waals surface area contributed by atoms with Crippen molar-refractivity contribution in [3.8, 4) is 0 Å². The number of nitrogens with zero attached hydrogens (tertiary/aromatic N) is 4. The van der Waals surface area contributed by atoms with Crippen LogP contribution >= 0.6 is 15.9 Å². The summed E-state index contributed by atoms with van der Waals surface area (Å²) in [6, 6.07) is 14.4. The summed E-state index contributed by atoms with van der Waals surface area (Å²) in [4.78, 5) is 14.3. The predicted octanol–water partition coefficient (Wildman–Crippen LogP) is 4.06. The SMILES string of the molecule is C=CCN(Cc1cc(Br)ccc1F)C(=O)c1cn(Cc2ccccc2)nn1. The summed E-state index contributed by atoms with van der Waals surface area (Å²) in [6.45, 7) is 4.58. The van der Waals surface area contributed by atoms with E-state index in [4.69, 9.17) is 0 Å². The molecule has 0 unspecified atom stereocenters. The van der Waals surface area contributed by atoms with Crippen molar-refractivity contribution in [2.24, 2.45) is 0 Å². The Kier molecular flexibility index (Phi) is 6.13. The van der Waals surface area contributed by atoms with Crippen LogP contribution in [0.1, 0.15) is 21.6 Å². The van der Waals surface area contributed by atoms with Crippen LogP contribution in [0.5, 0.6) is 0 Å². The van der Waals surface area contributed by atoms with Crippen molar-refractivity contribution >= 4 is 21.8 Å². The molecule has 0 spiro atoms. The van der Waals surface area contributed by atoms with Crippen molar-refractivity contribution < 1.29 is 9.18 Å². The van der Waals surface area contributed by atoms with Crippen LogP contribution in [0, 0.1) is 5.82 Å². The first-order valence-electron chi connectivity index (χ1n) is 8.35. The van der Waals surface area contributed by atoms with Crippen molar-refractivity contribution in [1.29, 1.82) is 0 Å². The van der Waals surface area contributed by atoms with Gasteiger partial charge in [-0.05, 0) is 23.8 Å². The average molecular weight is 429 g/mol. The lowest BCUT2D eigenvalue weighted by molar-refractivity contribution is 0.0755. The number of benzene rings is 2. The standard InChI is InChI=1S/C20H18BrFN4O/c1-2-10-25(13-16-11-17(21)8-9-18(16)22)20(27)19-14-26(24-23-19)12-15-6-4-3-5-7-15/h2-9,11,14H,1,10,12-13H2. The quantitative estimate of drug-likeness (QED) is 0.533. The molecule has 0 aliphatic carbocycles. The molecule has 3 aromatic rings. The van der Waals surface area contributed by atoms with E-state index in [0.717, 1.165) is 10.0 Å². The molecule has 0 bridgehead atoms. The predicted molar refractivity (Wildman–Crippen MR) is 105 cm³/mol. The summed E-state index contributed by atoms with van der Waals surface area (Å²) in [5.41, 5.74) is 1.68. The molecule has 7 heteroatoms. The van der Waals surface area contributed by atoms with Gasteiger partial charge >= 0.3 is 0 Å². The van der Waals surface area contributed by atoms with Crippen molar-refractivity contribution in [2.45, 2.75) is 13.1 Å². The molecule has 27 heavy (non-hydrogen) atoms. The molecule has 0 aliphatic heterocycles. The van der Waals surface area contributed by atoms with Crippen molar-refractivity contribution in [1.82, 2.24) is 19.9 Å². The highest BCUT2D eigenvalue weighted by molar-refractivity contribution is 9.10. The van der Waals surface area contributed by atoms with E-state index in [1.54, 1.807) is 29.1 Å². The Morgan fingerprint density at radius 1 is 1.26 bits per heavy atom. The molecule has 0 atom stereocenters. The number of carbonyl (C=O) groups is 1. The van der Waals surface area contributed by atoms with Crippen LogP contribution in [0.3, 0.4) is 0 Å². The third-order valence-electron chi connectivity index (χ3n) is 3.95. The second-order valence-corrected chi connectivity index (χ2v) is 6.91. The van der Waals surface area contributed by atoms with E-state index in [0.29, 0.717) is 12.1 Å². The van der Waals surface area contributed by atoms with Crippen LogP contribution < -0.4 is 0 Å². The molecule has 0 aliphatic rings. The zero-order valence-electron chi connectivity index (χ0n) is 14.6. The van der Waals surface area contributed by atoms with Crippen LogP contribution in [0.2, 0.25) is 0 Å². The lowest BCUT2D eigenvalue weighted by Crippen LogP contribution is -2.31. The fourth-order valence-electron chi connectivity index (χ4n) is 2.65. The maximum absolute atomic E-state index is 14.1.